The van der Waals surface area contributed by atoms with Crippen LogP contribution in [0.1, 0.15) is 36.0 Å². The van der Waals surface area contributed by atoms with Crippen molar-refractivity contribution in [3.05, 3.63) is 29.8 Å². The number of benzene rings is 1. The second-order valence-electron chi connectivity index (χ2n) is 4.68. The van der Waals surface area contributed by atoms with Gasteiger partial charge in [-0.3, -0.25) is 9.00 Å². The average molecular weight is 265 g/mol. The summed E-state index contributed by atoms with van der Waals surface area (Å²) in [5.41, 5.74) is 0.700. The molecule has 0 aromatic heterocycles. The highest BCUT2D eigenvalue weighted by atomic mass is 32.2. The van der Waals surface area contributed by atoms with E-state index in [0.29, 0.717) is 5.56 Å². The first-order chi connectivity index (χ1) is 8.68. The maximum absolute atomic E-state index is 12.3. The maximum atomic E-state index is 12.3. The second-order valence-corrected chi connectivity index (χ2v) is 6.06. The SMILES string of the molecule is CS(=O)c1ccc(C(=O)N2CCCCCC2)cc1. The van der Waals surface area contributed by atoms with Gasteiger partial charge < -0.3 is 4.90 Å². The van der Waals surface area contributed by atoms with Crippen molar-refractivity contribution in [2.75, 3.05) is 19.3 Å². The Hall–Kier alpha value is -1.16. The van der Waals surface area contributed by atoms with Crippen LogP contribution in [0.5, 0.6) is 0 Å². The summed E-state index contributed by atoms with van der Waals surface area (Å²) in [6.45, 7) is 1.72. The fourth-order valence-electron chi connectivity index (χ4n) is 2.25. The zero-order chi connectivity index (χ0) is 13.0. The molecule has 1 aliphatic heterocycles. The van der Waals surface area contributed by atoms with E-state index in [2.05, 4.69) is 0 Å². The third-order valence-electron chi connectivity index (χ3n) is 3.33. The minimum atomic E-state index is -0.983. The van der Waals surface area contributed by atoms with E-state index in [0.717, 1.165) is 30.8 Å². The van der Waals surface area contributed by atoms with Gasteiger partial charge in [0.2, 0.25) is 0 Å². The zero-order valence-corrected chi connectivity index (χ0v) is 11.5. The molecule has 1 fully saturated rings. The molecule has 1 atom stereocenters. The van der Waals surface area contributed by atoms with E-state index in [1.54, 1.807) is 30.5 Å². The molecule has 0 N–H and O–H groups in total. The molecule has 18 heavy (non-hydrogen) atoms. The molecule has 0 aliphatic carbocycles. The van der Waals surface area contributed by atoms with Gasteiger partial charge in [-0.1, -0.05) is 12.8 Å². The molecular formula is C14H19NO2S. The quantitative estimate of drug-likeness (QED) is 0.823. The lowest BCUT2D eigenvalue weighted by atomic mass is 10.2. The van der Waals surface area contributed by atoms with E-state index in [1.807, 2.05) is 4.90 Å². The molecule has 1 heterocycles. The third kappa shape index (κ3) is 3.19. The van der Waals surface area contributed by atoms with Gasteiger partial charge in [-0.05, 0) is 37.1 Å². The maximum Gasteiger partial charge on any atom is 0.253 e. The fourth-order valence-corrected chi connectivity index (χ4v) is 2.76. The standard InChI is InChI=1S/C14H19NO2S/c1-18(17)13-8-6-12(7-9-13)14(16)15-10-4-2-3-5-11-15/h6-9H,2-5,10-11H2,1H3. The van der Waals surface area contributed by atoms with E-state index in [1.165, 1.54) is 12.8 Å². The molecule has 0 saturated carbocycles. The van der Waals surface area contributed by atoms with Crippen molar-refractivity contribution in [1.29, 1.82) is 0 Å². The van der Waals surface area contributed by atoms with Gasteiger partial charge in [0.15, 0.2) is 0 Å². The van der Waals surface area contributed by atoms with Crippen LogP contribution in [0.4, 0.5) is 0 Å². The van der Waals surface area contributed by atoms with Crippen LogP contribution >= 0.6 is 0 Å². The highest BCUT2D eigenvalue weighted by Crippen LogP contribution is 2.14. The predicted molar refractivity (Wildman–Crippen MR) is 73.1 cm³/mol. The van der Waals surface area contributed by atoms with Crippen LogP contribution in [-0.2, 0) is 10.8 Å². The molecule has 1 aliphatic rings. The van der Waals surface area contributed by atoms with Gasteiger partial charge in [-0.25, -0.2) is 0 Å². The first-order valence-electron chi connectivity index (χ1n) is 6.41. The van der Waals surface area contributed by atoms with Crippen molar-refractivity contribution in [1.82, 2.24) is 4.90 Å². The van der Waals surface area contributed by atoms with E-state index in [-0.39, 0.29) is 5.91 Å². The lowest BCUT2D eigenvalue weighted by molar-refractivity contribution is 0.0761. The molecule has 3 nitrogen and oxygen atoms in total. The Morgan fingerprint density at radius 2 is 1.61 bits per heavy atom. The number of likely N-dealkylation sites (tertiary alicyclic amines) is 1. The average Bonchev–Trinajstić information content (AvgIpc) is 2.67. The fraction of sp³-hybridized carbons (Fsp3) is 0.500. The summed E-state index contributed by atoms with van der Waals surface area (Å²) in [5.74, 6) is 0.102. The summed E-state index contributed by atoms with van der Waals surface area (Å²) in [7, 11) is -0.983. The van der Waals surface area contributed by atoms with Crippen LogP contribution in [0.25, 0.3) is 0 Å². The van der Waals surface area contributed by atoms with Gasteiger partial charge in [0.25, 0.3) is 5.91 Å². The summed E-state index contributed by atoms with van der Waals surface area (Å²) < 4.78 is 11.3. The predicted octanol–water partition coefficient (Wildman–Crippen LogP) is 2.44. The van der Waals surface area contributed by atoms with Gasteiger partial charge in [-0.2, -0.15) is 0 Å². The molecule has 2 rings (SSSR count). The minimum Gasteiger partial charge on any atom is -0.339 e. The van der Waals surface area contributed by atoms with Crippen LogP contribution in [0.2, 0.25) is 0 Å². The zero-order valence-electron chi connectivity index (χ0n) is 10.7. The van der Waals surface area contributed by atoms with Gasteiger partial charge in [0.1, 0.15) is 0 Å². The first-order valence-corrected chi connectivity index (χ1v) is 7.97. The molecule has 98 valence electrons. The molecule has 1 unspecified atom stereocenters. The lowest BCUT2D eigenvalue weighted by Gasteiger charge is -2.20. The highest BCUT2D eigenvalue weighted by molar-refractivity contribution is 7.84. The van der Waals surface area contributed by atoms with Crippen molar-refractivity contribution in [3.63, 3.8) is 0 Å². The highest BCUT2D eigenvalue weighted by Gasteiger charge is 2.17. The molecule has 1 saturated heterocycles. The summed E-state index contributed by atoms with van der Waals surface area (Å²) in [5, 5.41) is 0. The van der Waals surface area contributed by atoms with E-state index in [4.69, 9.17) is 0 Å². The van der Waals surface area contributed by atoms with Crippen molar-refractivity contribution in [2.45, 2.75) is 30.6 Å². The van der Waals surface area contributed by atoms with E-state index in [9.17, 15) is 9.00 Å². The molecule has 1 aromatic rings. The molecule has 1 amide bonds. The topological polar surface area (TPSA) is 37.4 Å². The second kappa shape index (κ2) is 6.14. The summed E-state index contributed by atoms with van der Waals surface area (Å²) in [6, 6.07) is 7.12. The Morgan fingerprint density at radius 3 is 2.11 bits per heavy atom. The van der Waals surface area contributed by atoms with Gasteiger partial charge in [0, 0.05) is 40.6 Å². The van der Waals surface area contributed by atoms with Crippen LogP contribution in [0.3, 0.4) is 0 Å². The van der Waals surface area contributed by atoms with Crippen molar-refractivity contribution in [3.8, 4) is 0 Å². The van der Waals surface area contributed by atoms with E-state index >= 15 is 0 Å². The molecule has 0 bridgehead atoms. The molecule has 4 heteroatoms. The largest absolute Gasteiger partial charge is 0.339 e. The monoisotopic (exact) mass is 265 g/mol. The Labute approximate surface area is 111 Å². The van der Waals surface area contributed by atoms with Crippen molar-refractivity contribution in [2.24, 2.45) is 0 Å². The summed E-state index contributed by atoms with van der Waals surface area (Å²) in [6.07, 6.45) is 6.28. The number of rotatable bonds is 2. The summed E-state index contributed by atoms with van der Waals surface area (Å²) >= 11 is 0. The molecule has 1 aromatic carbocycles. The number of hydrogen-bond donors (Lipinski definition) is 0. The van der Waals surface area contributed by atoms with Crippen molar-refractivity contribution < 1.29 is 9.00 Å². The minimum absolute atomic E-state index is 0.102. The lowest BCUT2D eigenvalue weighted by Crippen LogP contribution is -2.31. The molecular weight excluding hydrogens is 246 g/mol. The van der Waals surface area contributed by atoms with Crippen LogP contribution < -0.4 is 0 Å². The van der Waals surface area contributed by atoms with Gasteiger partial charge in [-0.15, -0.1) is 0 Å². The molecule has 0 radical (unpaired) electrons. The Bertz CT molecular complexity index is 434. The number of carbonyl (C=O) groups excluding carboxylic acids is 1. The number of nitrogens with zero attached hydrogens (tertiary/aromatic N) is 1. The third-order valence-corrected chi connectivity index (χ3v) is 4.26. The smallest absolute Gasteiger partial charge is 0.253 e. The van der Waals surface area contributed by atoms with E-state index < -0.39 is 10.8 Å². The van der Waals surface area contributed by atoms with Crippen LogP contribution in [0.15, 0.2) is 29.2 Å². The number of hydrogen-bond acceptors (Lipinski definition) is 2. The van der Waals surface area contributed by atoms with Crippen molar-refractivity contribution >= 4 is 16.7 Å². The number of amides is 1. The number of carbonyl (C=O) groups is 1. The van der Waals surface area contributed by atoms with Gasteiger partial charge in [0.05, 0.1) is 0 Å². The van der Waals surface area contributed by atoms with Crippen LogP contribution in [0, 0.1) is 0 Å². The Kier molecular flexibility index (Phi) is 4.53. The first kappa shape index (κ1) is 13.3. The summed E-state index contributed by atoms with van der Waals surface area (Å²) in [4.78, 5) is 15.0. The Balaban J connectivity index is 2.10. The molecule has 0 spiro atoms. The normalized spacial score (nSPS) is 18.2. The Morgan fingerprint density at radius 1 is 1.06 bits per heavy atom. The van der Waals surface area contributed by atoms with Crippen LogP contribution in [-0.4, -0.2) is 34.4 Å². The van der Waals surface area contributed by atoms with Gasteiger partial charge >= 0.3 is 0 Å².